The topological polar surface area (TPSA) is 136 Å². The van der Waals surface area contributed by atoms with Crippen LogP contribution in [0.1, 0.15) is 37.7 Å². The summed E-state index contributed by atoms with van der Waals surface area (Å²) in [7, 11) is -3.97. The number of benzene rings is 2. The predicted octanol–water partition coefficient (Wildman–Crippen LogP) is 3.83. The van der Waals surface area contributed by atoms with Crippen LogP contribution in [0.15, 0.2) is 71.9 Å². The molecule has 6 rings (SSSR count). The fourth-order valence-electron chi connectivity index (χ4n) is 5.42. The molecule has 0 spiro atoms. The molecule has 0 aliphatic carbocycles. The van der Waals surface area contributed by atoms with Crippen LogP contribution < -0.4 is 0 Å². The molecule has 41 heavy (non-hydrogen) atoms. The fraction of sp³-hybridized carbons (Fsp3) is 0.241. The number of nitrogens with zero attached hydrogens (tertiary/aromatic N) is 5. The van der Waals surface area contributed by atoms with Crippen molar-refractivity contribution >= 4 is 38.6 Å². The minimum atomic E-state index is -3.97. The van der Waals surface area contributed by atoms with E-state index >= 15 is 0 Å². The maximum Gasteiger partial charge on any atom is 0.302 e. The number of hydrogen-bond acceptors (Lipinski definition) is 8. The van der Waals surface area contributed by atoms with Gasteiger partial charge in [0.25, 0.3) is 10.0 Å². The van der Waals surface area contributed by atoms with Gasteiger partial charge in [-0.3, -0.25) is 14.0 Å². The Labute approximate surface area is 235 Å². The maximum absolute atomic E-state index is 13.6. The van der Waals surface area contributed by atoms with Gasteiger partial charge in [0.05, 0.1) is 40.4 Å². The summed E-state index contributed by atoms with van der Waals surface area (Å²) < 4.78 is 35.6. The number of aromatic hydroxyl groups is 1. The lowest BCUT2D eigenvalue weighted by Crippen LogP contribution is -2.31. The third kappa shape index (κ3) is 4.49. The lowest BCUT2D eigenvalue weighted by Gasteiger charge is -2.22. The largest absolute Gasteiger partial charge is 0.508 e. The minimum Gasteiger partial charge on any atom is -0.508 e. The van der Waals surface area contributed by atoms with Crippen LogP contribution in [0.25, 0.3) is 27.9 Å². The Bertz CT molecular complexity index is 1930. The highest BCUT2D eigenvalue weighted by molar-refractivity contribution is 7.90. The number of carbonyl (C=O) groups excluding carboxylic acids is 2. The van der Waals surface area contributed by atoms with Crippen LogP contribution in [0.2, 0.25) is 0 Å². The zero-order valence-corrected chi connectivity index (χ0v) is 23.4. The first-order chi connectivity index (χ1) is 19.5. The Hall–Kier alpha value is -4.71. The first-order valence-electron chi connectivity index (χ1n) is 13.0. The number of hydrogen-bond donors (Lipinski definition) is 1. The summed E-state index contributed by atoms with van der Waals surface area (Å²) in [6.45, 7) is 4.86. The number of aromatic nitrogens is 4. The molecule has 1 saturated heterocycles. The van der Waals surface area contributed by atoms with Crippen LogP contribution in [-0.4, -0.2) is 61.3 Å². The summed E-state index contributed by atoms with van der Waals surface area (Å²) in [6, 6.07) is 14.2. The number of imidazole rings is 1. The highest BCUT2D eigenvalue weighted by atomic mass is 32.2. The van der Waals surface area contributed by atoms with Gasteiger partial charge in [0.2, 0.25) is 5.91 Å². The molecular formula is C29H27N5O6S. The van der Waals surface area contributed by atoms with E-state index in [1.54, 1.807) is 65.7 Å². The molecule has 4 heterocycles. The van der Waals surface area contributed by atoms with Crippen LogP contribution in [0.4, 0.5) is 0 Å². The Kier molecular flexibility index (Phi) is 6.29. The average molecular weight is 574 g/mol. The maximum atomic E-state index is 13.6. The van der Waals surface area contributed by atoms with Crippen molar-refractivity contribution in [1.29, 1.82) is 0 Å². The van der Waals surface area contributed by atoms with Gasteiger partial charge in [0.1, 0.15) is 17.7 Å². The molecule has 11 nitrogen and oxygen atoms in total. The second-order valence-corrected chi connectivity index (χ2v) is 12.0. The molecule has 1 aliphatic rings. The summed E-state index contributed by atoms with van der Waals surface area (Å²) in [5, 5.41) is 9.84. The Morgan fingerprint density at radius 2 is 1.71 bits per heavy atom. The molecule has 0 saturated carbocycles. The third-order valence-corrected chi connectivity index (χ3v) is 8.99. The van der Waals surface area contributed by atoms with Crippen molar-refractivity contribution in [2.24, 2.45) is 0 Å². The molecule has 12 heteroatoms. The van der Waals surface area contributed by atoms with Gasteiger partial charge < -0.3 is 14.7 Å². The molecule has 1 amide bonds. The number of amides is 1. The molecule has 2 aromatic carbocycles. The van der Waals surface area contributed by atoms with Crippen molar-refractivity contribution in [2.75, 3.05) is 6.54 Å². The van der Waals surface area contributed by atoms with E-state index in [0.717, 1.165) is 9.54 Å². The fourth-order valence-corrected chi connectivity index (χ4v) is 6.72. The van der Waals surface area contributed by atoms with E-state index in [2.05, 4.69) is 4.98 Å². The SMILES string of the molecule is CC(=O)OC1CC(c2nc(-c3ccc(O)cc3)c3cnc4c(ccn4S(=O)(=O)c4ccc(C)cc4)n23)N(C(C)=O)C1. The predicted molar refractivity (Wildman–Crippen MR) is 150 cm³/mol. The average Bonchev–Trinajstić information content (AvgIpc) is 3.64. The molecule has 1 aliphatic heterocycles. The first-order valence-corrected chi connectivity index (χ1v) is 14.4. The van der Waals surface area contributed by atoms with Gasteiger partial charge in [-0.15, -0.1) is 0 Å². The number of rotatable bonds is 5. The summed E-state index contributed by atoms with van der Waals surface area (Å²) in [5.41, 5.74) is 3.43. The van der Waals surface area contributed by atoms with E-state index < -0.39 is 28.1 Å². The van der Waals surface area contributed by atoms with Crippen LogP contribution in [-0.2, 0) is 24.3 Å². The van der Waals surface area contributed by atoms with Gasteiger partial charge in [-0.05, 0) is 49.4 Å². The molecule has 1 fully saturated rings. The number of phenolic OH excluding ortho intramolecular Hbond substituents is 1. The Balaban J connectivity index is 1.59. The normalized spacial score (nSPS) is 17.4. The molecule has 210 valence electrons. The quantitative estimate of drug-likeness (QED) is 0.314. The summed E-state index contributed by atoms with van der Waals surface area (Å²) in [6.07, 6.45) is 2.81. The standard InChI is InChI=1S/C29H27N5O6S/c1-17-4-10-23(11-5-17)41(38,39)33-13-12-24-28(33)30-15-26-27(20-6-8-21(37)9-7-20)31-29(34(24)26)25-14-22(40-19(3)36)16-32(25)18(2)35/h4-13,15,22,25,37H,14,16H2,1-3H3. The first kappa shape index (κ1) is 26.5. The van der Waals surface area contributed by atoms with Gasteiger partial charge in [-0.1, -0.05) is 17.7 Å². The van der Waals surface area contributed by atoms with E-state index in [1.807, 2.05) is 11.3 Å². The number of esters is 1. The molecule has 0 radical (unpaired) electrons. The number of aryl methyl sites for hydroxylation is 1. The molecule has 1 N–H and O–H groups in total. The molecule has 2 atom stereocenters. The number of phenols is 1. The van der Waals surface area contributed by atoms with Crippen molar-refractivity contribution in [3.8, 4) is 17.0 Å². The van der Waals surface area contributed by atoms with E-state index in [4.69, 9.17) is 9.72 Å². The lowest BCUT2D eigenvalue weighted by molar-refractivity contribution is -0.146. The van der Waals surface area contributed by atoms with Crippen molar-refractivity contribution in [1.82, 2.24) is 23.2 Å². The highest BCUT2D eigenvalue weighted by Crippen LogP contribution is 2.38. The van der Waals surface area contributed by atoms with E-state index in [0.29, 0.717) is 34.5 Å². The second-order valence-electron chi connectivity index (χ2n) is 10.1. The van der Waals surface area contributed by atoms with Gasteiger partial charge in [0, 0.05) is 32.0 Å². The molecule has 2 unspecified atom stereocenters. The molecule has 0 bridgehead atoms. The van der Waals surface area contributed by atoms with Crippen molar-refractivity contribution in [3.05, 3.63) is 78.4 Å². The number of carbonyl (C=O) groups is 2. The van der Waals surface area contributed by atoms with Gasteiger partial charge >= 0.3 is 5.97 Å². The summed E-state index contributed by atoms with van der Waals surface area (Å²) in [4.78, 5) is 35.7. The second kappa shape index (κ2) is 9.73. The van der Waals surface area contributed by atoms with Gasteiger partial charge in [-0.25, -0.2) is 22.4 Å². The highest BCUT2D eigenvalue weighted by Gasteiger charge is 2.40. The number of likely N-dealkylation sites (tertiary alicyclic amines) is 1. The van der Waals surface area contributed by atoms with E-state index in [-0.39, 0.29) is 28.7 Å². The molecular weight excluding hydrogens is 546 g/mol. The molecule has 5 aromatic rings. The zero-order valence-electron chi connectivity index (χ0n) is 22.6. The summed E-state index contributed by atoms with van der Waals surface area (Å²) in [5.74, 6) is -0.0794. The Morgan fingerprint density at radius 1 is 1.00 bits per heavy atom. The third-order valence-electron chi connectivity index (χ3n) is 7.31. The van der Waals surface area contributed by atoms with E-state index in [1.165, 1.54) is 20.0 Å². The van der Waals surface area contributed by atoms with Crippen LogP contribution in [0.3, 0.4) is 0 Å². The van der Waals surface area contributed by atoms with Gasteiger partial charge in [-0.2, -0.15) is 0 Å². The van der Waals surface area contributed by atoms with Crippen LogP contribution in [0, 0.1) is 6.92 Å². The summed E-state index contributed by atoms with van der Waals surface area (Å²) >= 11 is 0. The monoisotopic (exact) mass is 573 g/mol. The number of ether oxygens (including phenoxy) is 1. The Morgan fingerprint density at radius 3 is 2.37 bits per heavy atom. The van der Waals surface area contributed by atoms with Crippen LogP contribution in [0.5, 0.6) is 5.75 Å². The smallest absolute Gasteiger partial charge is 0.302 e. The van der Waals surface area contributed by atoms with E-state index in [9.17, 15) is 23.1 Å². The number of fused-ring (bicyclic) bond motifs is 3. The van der Waals surface area contributed by atoms with Crippen molar-refractivity contribution in [3.63, 3.8) is 0 Å². The minimum absolute atomic E-state index is 0.0964. The zero-order chi connectivity index (χ0) is 29.1. The van der Waals surface area contributed by atoms with Crippen LogP contribution >= 0.6 is 0 Å². The van der Waals surface area contributed by atoms with Crippen molar-refractivity contribution < 1.29 is 27.9 Å². The van der Waals surface area contributed by atoms with Crippen molar-refractivity contribution in [2.45, 2.75) is 44.2 Å². The molecule has 3 aromatic heterocycles. The van der Waals surface area contributed by atoms with Gasteiger partial charge in [0.15, 0.2) is 5.65 Å². The lowest BCUT2D eigenvalue weighted by atomic mass is 10.1.